The highest BCUT2D eigenvalue weighted by Gasteiger charge is 2.25. The molecule has 330 valence electrons. The Hall–Kier alpha value is -3.93. The van der Waals surface area contributed by atoms with Crippen molar-refractivity contribution in [2.45, 2.75) is 194 Å². The summed E-state index contributed by atoms with van der Waals surface area (Å²) in [6, 6.07) is 4.99. The maximum atomic E-state index is 13.0. The first kappa shape index (κ1) is 49.4. The first-order chi connectivity index (χ1) is 28.4. The Kier molecular flexibility index (Phi) is 23.3. The molecule has 0 aliphatic rings. The Morgan fingerprint density at radius 2 is 1.03 bits per heavy atom. The van der Waals surface area contributed by atoms with E-state index in [9.17, 15) is 19.2 Å². The van der Waals surface area contributed by atoms with Crippen molar-refractivity contribution in [3.63, 3.8) is 0 Å². The van der Waals surface area contributed by atoms with E-state index < -0.39 is 11.9 Å². The second-order valence-electron chi connectivity index (χ2n) is 16.9. The van der Waals surface area contributed by atoms with Gasteiger partial charge < -0.3 is 20.1 Å². The maximum Gasteiger partial charge on any atom is 0.306 e. The van der Waals surface area contributed by atoms with Crippen LogP contribution in [-0.4, -0.2) is 56.8 Å². The van der Waals surface area contributed by atoms with Crippen LogP contribution in [0.4, 0.5) is 11.4 Å². The molecule has 3 rings (SSSR count). The number of amides is 2. The lowest BCUT2D eigenvalue weighted by Crippen LogP contribution is -2.16. The first-order valence-electron chi connectivity index (χ1n) is 22.6. The molecule has 0 unspecified atom stereocenters. The van der Waals surface area contributed by atoms with Gasteiger partial charge in [0, 0.05) is 35.2 Å². The summed E-state index contributed by atoms with van der Waals surface area (Å²) in [5.74, 6) is -1.28. The van der Waals surface area contributed by atoms with Crippen LogP contribution >= 0.6 is 11.6 Å². The number of anilines is 2. The van der Waals surface area contributed by atoms with E-state index in [0.717, 1.165) is 44.2 Å². The van der Waals surface area contributed by atoms with Gasteiger partial charge in [0.1, 0.15) is 5.02 Å². The van der Waals surface area contributed by atoms with Gasteiger partial charge in [-0.25, -0.2) is 4.98 Å². The monoisotopic (exact) mass is 841 g/mol. The lowest BCUT2D eigenvalue weighted by molar-refractivity contribution is -0.145. The van der Waals surface area contributed by atoms with Gasteiger partial charge in [0.25, 0.3) is 0 Å². The number of esters is 2. The standard InChI is InChI=1S/C46H73ClN6O6/c1-6-8-10-12-14-16-18-20-22-24-30-58-40(56)28-26-38(54)48-36-32-35(44-50-45-42(47)43(46(3,4)5)51-53(45)52-44)33-37(34-36)49-39(55)27-29-41(57)59-31-25-23-21-19-17-15-13-11-9-7-2/h32-34,51H,6-31H2,1-5H3,(H,48,54)(H,49,55). The fraction of sp³-hybridized carbons (Fsp3) is 0.696. The summed E-state index contributed by atoms with van der Waals surface area (Å²) in [4.78, 5) is 55.5. The molecule has 3 N–H and O–H groups in total. The fourth-order valence-electron chi connectivity index (χ4n) is 6.89. The van der Waals surface area contributed by atoms with Crippen LogP contribution in [0.3, 0.4) is 0 Å². The van der Waals surface area contributed by atoms with Crippen molar-refractivity contribution in [1.82, 2.24) is 19.8 Å². The molecule has 0 saturated heterocycles. The molecule has 0 bridgehead atoms. The normalized spacial score (nSPS) is 11.6. The minimum Gasteiger partial charge on any atom is -0.466 e. The number of unbranched alkanes of at least 4 members (excludes halogenated alkanes) is 18. The van der Waals surface area contributed by atoms with Crippen LogP contribution in [0.2, 0.25) is 5.02 Å². The Bertz CT molecular complexity index is 1640. The van der Waals surface area contributed by atoms with Crippen LogP contribution in [0.5, 0.6) is 0 Å². The Morgan fingerprint density at radius 1 is 0.627 bits per heavy atom. The molecule has 2 amide bonds. The van der Waals surface area contributed by atoms with Crippen molar-refractivity contribution in [3.8, 4) is 11.4 Å². The van der Waals surface area contributed by atoms with Crippen LogP contribution in [0.15, 0.2) is 18.2 Å². The SMILES string of the molecule is CCCCCCCCCCCCOC(=O)CCC(=O)Nc1cc(NC(=O)CCC(=O)OCCCCCCCCCCCC)cc(-c2nc3c(Cl)c(C(C)(C)C)[nH]n3n2)c1. The van der Waals surface area contributed by atoms with E-state index in [0.29, 0.717) is 46.6 Å². The van der Waals surface area contributed by atoms with Crippen molar-refractivity contribution in [1.29, 1.82) is 0 Å². The number of nitrogens with one attached hydrogen (secondary N) is 3. The van der Waals surface area contributed by atoms with E-state index in [1.54, 1.807) is 18.2 Å². The predicted molar refractivity (Wildman–Crippen MR) is 238 cm³/mol. The van der Waals surface area contributed by atoms with E-state index in [-0.39, 0.29) is 42.9 Å². The van der Waals surface area contributed by atoms with Gasteiger partial charge >= 0.3 is 11.9 Å². The zero-order valence-corrected chi connectivity index (χ0v) is 37.5. The molecule has 0 fully saturated rings. The number of carbonyl (C=O) groups is 4. The van der Waals surface area contributed by atoms with Crippen LogP contribution in [0, 0.1) is 0 Å². The van der Waals surface area contributed by atoms with E-state index in [2.05, 4.69) is 39.7 Å². The van der Waals surface area contributed by atoms with Crippen LogP contribution in [0.25, 0.3) is 17.0 Å². The summed E-state index contributed by atoms with van der Waals surface area (Å²) in [5, 5.41) is 13.9. The van der Waals surface area contributed by atoms with Crippen LogP contribution < -0.4 is 10.6 Å². The minimum atomic E-state index is -0.413. The number of rotatable bonds is 31. The van der Waals surface area contributed by atoms with Crippen molar-refractivity contribution >= 4 is 52.4 Å². The van der Waals surface area contributed by atoms with Gasteiger partial charge in [-0.3, -0.25) is 24.3 Å². The molecule has 0 aliphatic carbocycles. The molecule has 2 heterocycles. The molecule has 0 saturated carbocycles. The van der Waals surface area contributed by atoms with Gasteiger partial charge in [-0.2, -0.15) is 4.63 Å². The Labute approximate surface area is 358 Å². The summed E-state index contributed by atoms with van der Waals surface area (Å²) in [7, 11) is 0. The Balaban J connectivity index is 1.51. The van der Waals surface area contributed by atoms with E-state index >= 15 is 0 Å². The number of aromatic nitrogens is 4. The number of aromatic amines is 1. The number of carbonyl (C=O) groups excluding carboxylic acids is 4. The van der Waals surface area contributed by atoms with E-state index in [1.165, 1.54) is 94.5 Å². The third-order valence-corrected chi connectivity index (χ3v) is 10.7. The zero-order chi connectivity index (χ0) is 42.9. The molecule has 59 heavy (non-hydrogen) atoms. The summed E-state index contributed by atoms with van der Waals surface area (Å²) in [6.45, 7) is 11.3. The van der Waals surface area contributed by atoms with Crippen LogP contribution in [-0.2, 0) is 34.1 Å². The number of nitrogens with zero attached hydrogens (tertiary/aromatic N) is 3. The molecule has 2 aromatic heterocycles. The van der Waals surface area contributed by atoms with Crippen molar-refractivity contribution in [3.05, 3.63) is 28.9 Å². The van der Waals surface area contributed by atoms with E-state index in [4.69, 9.17) is 21.1 Å². The second-order valence-corrected chi connectivity index (χ2v) is 17.3. The predicted octanol–water partition coefficient (Wildman–Crippen LogP) is 12.0. The summed E-state index contributed by atoms with van der Waals surface area (Å²) >= 11 is 6.69. The minimum absolute atomic E-state index is 0.0515. The molecule has 0 atom stereocenters. The quantitative estimate of drug-likeness (QED) is 0.0427. The average molecular weight is 842 g/mol. The summed E-state index contributed by atoms with van der Waals surface area (Å²) in [6.07, 6.45) is 23.7. The van der Waals surface area contributed by atoms with Crippen molar-refractivity contribution in [2.75, 3.05) is 23.8 Å². The number of ether oxygens (including phenoxy) is 2. The number of H-pyrrole nitrogens is 1. The molecular formula is C46H73ClN6O6. The van der Waals surface area contributed by atoms with Gasteiger partial charge in [-0.05, 0) is 31.0 Å². The lowest BCUT2D eigenvalue weighted by atomic mass is 9.92. The third kappa shape index (κ3) is 19.8. The molecule has 3 aromatic rings. The van der Waals surface area contributed by atoms with E-state index in [1.807, 2.05) is 20.8 Å². The van der Waals surface area contributed by atoms with Gasteiger partial charge in [-0.15, -0.1) is 5.10 Å². The molecule has 1 aromatic carbocycles. The van der Waals surface area contributed by atoms with Gasteiger partial charge in [0.2, 0.25) is 11.8 Å². The number of halogens is 1. The number of hydrogen-bond acceptors (Lipinski definition) is 8. The maximum absolute atomic E-state index is 13.0. The summed E-state index contributed by atoms with van der Waals surface area (Å²) < 4.78 is 12.3. The van der Waals surface area contributed by atoms with Crippen molar-refractivity contribution in [2.24, 2.45) is 0 Å². The lowest BCUT2D eigenvalue weighted by Gasteiger charge is -2.16. The molecule has 12 nitrogen and oxygen atoms in total. The topological polar surface area (TPSA) is 157 Å². The van der Waals surface area contributed by atoms with Gasteiger partial charge in [-0.1, -0.05) is 162 Å². The molecule has 0 spiro atoms. The largest absolute Gasteiger partial charge is 0.466 e. The molecule has 13 heteroatoms. The number of fused-ring (bicyclic) bond motifs is 1. The number of benzene rings is 1. The average Bonchev–Trinajstić information content (AvgIpc) is 3.76. The second kappa shape index (κ2) is 27.8. The molecule has 0 radical (unpaired) electrons. The van der Waals surface area contributed by atoms with Crippen LogP contribution in [0.1, 0.15) is 194 Å². The van der Waals surface area contributed by atoms with Gasteiger partial charge in [0.05, 0.1) is 31.7 Å². The highest BCUT2D eigenvalue weighted by atomic mass is 35.5. The molecular weight excluding hydrogens is 768 g/mol. The van der Waals surface area contributed by atoms with Crippen molar-refractivity contribution < 1.29 is 28.7 Å². The Morgan fingerprint density at radius 3 is 1.42 bits per heavy atom. The molecule has 0 aliphatic heterocycles. The fourth-order valence-corrected chi connectivity index (χ4v) is 7.34. The number of hydrogen-bond donors (Lipinski definition) is 3. The highest BCUT2D eigenvalue weighted by molar-refractivity contribution is 6.34. The summed E-state index contributed by atoms with van der Waals surface area (Å²) in [5.41, 5.74) is 2.23. The third-order valence-electron chi connectivity index (χ3n) is 10.4. The smallest absolute Gasteiger partial charge is 0.306 e. The zero-order valence-electron chi connectivity index (χ0n) is 36.8. The highest BCUT2D eigenvalue weighted by Crippen LogP contribution is 2.33. The first-order valence-corrected chi connectivity index (χ1v) is 23.0. The van der Waals surface area contributed by atoms with Gasteiger partial charge in [0.15, 0.2) is 11.5 Å².